The fourth-order valence-electron chi connectivity index (χ4n) is 9.04. The zero-order valence-electron chi connectivity index (χ0n) is 31.2. The lowest BCUT2D eigenvalue weighted by Gasteiger charge is -2.39. The number of hydrogen-bond acceptors (Lipinski definition) is 2. The van der Waals surface area contributed by atoms with Crippen LogP contribution < -0.4 is 10.5 Å². The first-order valence-electron chi connectivity index (χ1n) is 19.4. The summed E-state index contributed by atoms with van der Waals surface area (Å²) in [6, 6.07) is 66.8. The summed E-state index contributed by atoms with van der Waals surface area (Å²) in [5, 5.41) is 2.33. The van der Waals surface area contributed by atoms with Gasteiger partial charge >= 0.3 is 0 Å². The van der Waals surface area contributed by atoms with Crippen LogP contribution in [0.1, 0.15) is 58.2 Å². The van der Waals surface area contributed by atoms with Gasteiger partial charge in [-0.2, -0.15) is 0 Å². The number of nitrogens with zero attached hydrogens (tertiary/aromatic N) is 1. The number of nitrogens with two attached hydrogens (primary N) is 1. The summed E-state index contributed by atoms with van der Waals surface area (Å²) in [5.74, 6) is 2.43. The topological polar surface area (TPSA) is 47.6 Å². The molecule has 10 rings (SSSR count). The standard InChI is InChI=1S/C53H40N2O/c1-2-35(36-15-4-3-5-16-36)34-49(44-22-14-18-38-17-6-7-19-41(38)44)55-52(54)39-29-27-37(28-30-39)40-31-32-51-48(33-40)53(47-25-12-13-26-50(47)56-51)45-23-10-8-20-42(45)43-21-9-11-24-46(43)53/h3-35H,2H2,1H3,(H2,54,55)/b49-34-. The third-order valence-electron chi connectivity index (χ3n) is 11.7. The Morgan fingerprint density at radius 1 is 0.589 bits per heavy atom. The highest BCUT2D eigenvalue weighted by Gasteiger charge is 2.51. The van der Waals surface area contributed by atoms with Crippen LogP contribution in [0.2, 0.25) is 0 Å². The van der Waals surface area contributed by atoms with E-state index in [-0.39, 0.29) is 5.92 Å². The van der Waals surface area contributed by atoms with Gasteiger partial charge in [-0.25, -0.2) is 4.99 Å². The van der Waals surface area contributed by atoms with Crippen LogP contribution in [-0.2, 0) is 5.41 Å². The van der Waals surface area contributed by atoms with Gasteiger partial charge in [0.2, 0.25) is 0 Å². The average molecular weight is 721 g/mol. The molecule has 268 valence electrons. The first kappa shape index (κ1) is 33.6. The van der Waals surface area contributed by atoms with Crippen LogP contribution in [0.25, 0.3) is 38.7 Å². The van der Waals surface area contributed by atoms with E-state index >= 15 is 0 Å². The molecule has 1 heterocycles. The van der Waals surface area contributed by atoms with Gasteiger partial charge < -0.3 is 10.5 Å². The molecule has 3 nitrogen and oxygen atoms in total. The fourth-order valence-corrected chi connectivity index (χ4v) is 9.04. The molecule has 0 radical (unpaired) electrons. The predicted molar refractivity (Wildman–Crippen MR) is 231 cm³/mol. The lowest BCUT2D eigenvalue weighted by atomic mass is 9.66. The number of para-hydroxylation sites is 1. The van der Waals surface area contributed by atoms with Gasteiger partial charge in [0.05, 0.1) is 11.1 Å². The molecule has 1 unspecified atom stereocenters. The third-order valence-corrected chi connectivity index (χ3v) is 11.7. The van der Waals surface area contributed by atoms with Crippen molar-refractivity contribution in [2.45, 2.75) is 24.7 Å². The molecule has 3 heteroatoms. The van der Waals surface area contributed by atoms with E-state index < -0.39 is 5.41 Å². The normalized spacial score (nSPS) is 14.4. The van der Waals surface area contributed by atoms with Crippen molar-refractivity contribution >= 4 is 22.3 Å². The van der Waals surface area contributed by atoms with Gasteiger partial charge in [0.15, 0.2) is 0 Å². The summed E-state index contributed by atoms with van der Waals surface area (Å²) < 4.78 is 6.66. The maximum atomic E-state index is 6.92. The van der Waals surface area contributed by atoms with E-state index in [1.54, 1.807) is 0 Å². The maximum absolute atomic E-state index is 6.92. The lowest BCUT2D eigenvalue weighted by molar-refractivity contribution is 0.436. The SMILES string of the molecule is CCC(/C=C(\N=C(/N)c1ccc(-c2ccc3c(c2)C2(c4ccccc4O3)c3ccccc3-c3ccccc32)cc1)c1cccc2ccccc12)c1ccccc1. The summed E-state index contributed by atoms with van der Waals surface area (Å²) in [7, 11) is 0. The van der Waals surface area contributed by atoms with Crippen molar-refractivity contribution < 1.29 is 4.74 Å². The minimum atomic E-state index is -0.509. The first-order valence-corrected chi connectivity index (χ1v) is 19.4. The molecule has 56 heavy (non-hydrogen) atoms. The van der Waals surface area contributed by atoms with Crippen LogP contribution in [0.3, 0.4) is 0 Å². The summed E-state index contributed by atoms with van der Waals surface area (Å²) in [6.45, 7) is 2.22. The molecule has 0 bridgehead atoms. The van der Waals surface area contributed by atoms with E-state index in [9.17, 15) is 0 Å². The van der Waals surface area contributed by atoms with E-state index in [2.05, 4.69) is 201 Å². The molecule has 1 spiro atoms. The van der Waals surface area contributed by atoms with Crippen molar-refractivity contribution in [1.29, 1.82) is 0 Å². The Balaban J connectivity index is 1.06. The molecule has 1 aliphatic heterocycles. The Bertz CT molecular complexity index is 2780. The molecule has 8 aromatic rings. The summed E-state index contributed by atoms with van der Waals surface area (Å²) in [4.78, 5) is 5.19. The minimum absolute atomic E-state index is 0.186. The zero-order valence-corrected chi connectivity index (χ0v) is 31.2. The highest BCUT2D eigenvalue weighted by Crippen LogP contribution is 2.62. The van der Waals surface area contributed by atoms with E-state index in [4.69, 9.17) is 15.5 Å². The van der Waals surface area contributed by atoms with Crippen LogP contribution in [0, 0.1) is 0 Å². The maximum Gasteiger partial charge on any atom is 0.132 e. The van der Waals surface area contributed by atoms with Crippen molar-refractivity contribution in [3.05, 3.63) is 233 Å². The van der Waals surface area contributed by atoms with Crippen LogP contribution in [-0.4, -0.2) is 5.84 Å². The van der Waals surface area contributed by atoms with E-state index in [0.29, 0.717) is 5.84 Å². The number of fused-ring (bicyclic) bond motifs is 10. The molecule has 2 N–H and O–H groups in total. The van der Waals surface area contributed by atoms with Crippen LogP contribution in [0.15, 0.2) is 199 Å². The number of aliphatic imine (C=N–C) groups is 1. The smallest absolute Gasteiger partial charge is 0.132 e. The Morgan fingerprint density at radius 2 is 1.20 bits per heavy atom. The molecule has 0 aromatic heterocycles. The molecule has 0 saturated heterocycles. The number of benzene rings is 8. The van der Waals surface area contributed by atoms with Gasteiger partial charge in [0, 0.05) is 28.2 Å². The molecule has 1 atom stereocenters. The zero-order chi connectivity index (χ0) is 37.6. The minimum Gasteiger partial charge on any atom is -0.457 e. The Labute approximate surface area is 328 Å². The molecule has 0 amide bonds. The molecule has 8 aromatic carbocycles. The lowest BCUT2D eigenvalue weighted by Crippen LogP contribution is -2.32. The third kappa shape index (κ3) is 5.39. The van der Waals surface area contributed by atoms with E-state index in [1.807, 2.05) is 0 Å². The Hall–Kier alpha value is -6.97. The van der Waals surface area contributed by atoms with Gasteiger partial charge in [-0.3, -0.25) is 0 Å². The molecular weight excluding hydrogens is 681 g/mol. The van der Waals surface area contributed by atoms with Gasteiger partial charge in [-0.05, 0) is 74.3 Å². The molecule has 1 aliphatic carbocycles. The second-order valence-corrected chi connectivity index (χ2v) is 14.7. The molecule has 0 fully saturated rings. The number of allylic oxidation sites excluding steroid dienone is 1. The second kappa shape index (κ2) is 13.7. The van der Waals surface area contributed by atoms with Crippen LogP contribution >= 0.6 is 0 Å². The monoisotopic (exact) mass is 720 g/mol. The van der Waals surface area contributed by atoms with Gasteiger partial charge in [0.25, 0.3) is 0 Å². The molecular formula is C53H40N2O. The van der Waals surface area contributed by atoms with Crippen molar-refractivity contribution in [1.82, 2.24) is 0 Å². The highest BCUT2D eigenvalue weighted by molar-refractivity contribution is 6.03. The van der Waals surface area contributed by atoms with Crippen molar-refractivity contribution in [3.8, 4) is 33.8 Å². The van der Waals surface area contributed by atoms with Crippen molar-refractivity contribution in [2.75, 3.05) is 0 Å². The van der Waals surface area contributed by atoms with Crippen LogP contribution in [0.5, 0.6) is 11.5 Å². The van der Waals surface area contributed by atoms with Crippen molar-refractivity contribution in [3.63, 3.8) is 0 Å². The Morgan fingerprint density at radius 3 is 1.95 bits per heavy atom. The van der Waals surface area contributed by atoms with Gasteiger partial charge in [-0.15, -0.1) is 0 Å². The number of ether oxygens (including phenoxy) is 1. The fraction of sp³-hybridized carbons (Fsp3) is 0.0755. The predicted octanol–water partition coefficient (Wildman–Crippen LogP) is 12.9. The number of hydrogen-bond donors (Lipinski definition) is 1. The van der Waals surface area contributed by atoms with E-state index in [1.165, 1.54) is 33.2 Å². The average Bonchev–Trinajstić information content (AvgIpc) is 3.56. The number of amidine groups is 1. The largest absolute Gasteiger partial charge is 0.457 e. The summed E-state index contributed by atoms with van der Waals surface area (Å²) >= 11 is 0. The highest BCUT2D eigenvalue weighted by atomic mass is 16.5. The van der Waals surface area contributed by atoms with Crippen LogP contribution in [0.4, 0.5) is 0 Å². The summed E-state index contributed by atoms with van der Waals surface area (Å²) in [6.07, 6.45) is 3.22. The Kier molecular flexibility index (Phi) is 8.22. The summed E-state index contributed by atoms with van der Waals surface area (Å²) in [5.41, 5.74) is 20.1. The van der Waals surface area contributed by atoms with Gasteiger partial charge in [0.1, 0.15) is 17.3 Å². The quantitative estimate of drug-likeness (QED) is 0.132. The molecule has 2 aliphatic rings. The second-order valence-electron chi connectivity index (χ2n) is 14.7. The number of rotatable bonds is 7. The molecule has 0 saturated carbocycles. The van der Waals surface area contributed by atoms with Crippen molar-refractivity contribution in [2.24, 2.45) is 10.7 Å². The van der Waals surface area contributed by atoms with E-state index in [0.717, 1.165) is 62.4 Å². The van der Waals surface area contributed by atoms with Gasteiger partial charge in [-0.1, -0.05) is 183 Å². The first-order chi connectivity index (χ1) is 27.6.